The molecule has 0 spiro atoms. The molecule has 2 rings (SSSR count). The van der Waals surface area contributed by atoms with Crippen LogP contribution in [0.4, 0.5) is 4.39 Å². The summed E-state index contributed by atoms with van der Waals surface area (Å²) in [5, 5.41) is 12.0. The zero-order valence-electron chi connectivity index (χ0n) is 12.4. The minimum absolute atomic E-state index is 0.0192. The van der Waals surface area contributed by atoms with Crippen molar-refractivity contribution in [2.75, 3.05) is 26.2 Å². The van der Waals surface area contributed by atoms with Crippen molar-refractivity contribution in [3.05, 3.63) is 35.6 Å². The molecule has 1 aliphatic heterocycles. The summed E-state index contributed by atoms with van der Waals surface area (Å²) in [6.07, 6.45) is 1.88. The van der Waals surface area contributed by atoms with E-state index in [2.05, 4.69) is 10.2 Å². The summed E-state index contributed by atoms with van der Waals surface area (Å²) in [4.78, 5) is 14.1. The number of hydrogen-bond acceptors (Lipinski definition) is 3. The van der Waals surface area contributed by atoms with E-state index in [0.717, 1.165) is 31.5 Å². The van der Waals surface area contributed by atoms with Gasteiger partial charge < -0.3 is 10.4 Å². The highest BCUT2D eigenvalue weighted by Crippen LogP contribution is 2.16. The summed E-state index contributed by atoms with van der Waals surface area (Å²) in [5.41, 5.74) is 0.892. The minimum Gasteiger partial charge on any atom is -0.396 e. The summed E-state index contributed by atoms with van der Waals surface area (Å²) in [6.45, 7) is 4.21. The molecule has 0 aliphatic carbocycles. The minimum atomic E-state index is -0.274. The highest BCUT2D eigenvalue weighted by molar-refractivity contribution is 5.78. The van der Waals surface area contributed by atoms with Crippen LogP contribution in [0.25, 0.3) is 0 Å². The number of carbonyl (C=O) groups is 1. The average molecular weight is 294 g/mol. The quantitative estimate of drug-likeness (QED) is 0.869. The predicted octanol–water partition coefficient (Wildman–Crippen LogP) is 1.71. The number of aliphatic hydroxyl groups excluding tert-OH is 1. The SMILES string of the molecule is CC(NC(=O)CN1CCC(CO)CC1)c1ccc(F)cc1. The van der Waals surface area contributed by atoms with E-state index in [1.54, 1.807) is 12.1 Å². The zero-order valence-corrected chi connectivity index (χ0v) is 12.4. The number of amides is 1. The maximum atomic E-state index is 12.9. The second-order valence-corrected chi connectivity index (χ2v) is 5.74. The number of halogens is 1. The van der Waals surface area contributed by atoms with Crippen LogP contribution >= 0.6 is 0 Å². The molecule has 116 valence electrons. The Bertz CT molecular complexity index is 456. The highest BCUT2D eigenvalue weighted by Gasteiger charge is 2.20. The lowest BCUT2D eigenvalue weighted by Gasteiger charge is -2.30. The van der Waals surface area contributed by atoms with Gasteiger partial charge in [-0.25, -0.2) is 4.39 Å². The van der Waals surface area contributed by atoms with Crippen LogP contribution in [0, 0.1) is 11.7 Å². The Kier molecular flexibility index (Phi) is 5.70. The fraction of sp³-hybridized carbons (Fsp3) is 0.562. The predicted molar refractivity (Wildman–Crippen MR) is 79.2 cm³/mol. The Balaban J connectivity index is 1.78. The summed E-state index contributed by atoms with van der Waals surface area (Å²) < 4.78 is 12.9. The van der Waals surface area contributed by atoms with E-state index >= 15 is 0 Å². The molecule has 1 unspecified atom stereocenters. The molecule has 1 atom stereocenters. The van der Waals surface area contributed by atoms with Gasteiger partial charge in [0, 0.05) is 6.61 Å². The van der Waals surface area contributed by atoms with Crippen molar-refractivity contribution in [2.45, 2.75) is 25.8 Å². The second kappa shape index (κ2) is 7.52. The van der Waals surface area contributed by atoms with Crippen LogP contribution in [-0.4, -0.2) is 42.2 Å². The average Bonchev–Trinajstić information content (AvgIpc) is 2.48. The number of piperidine rings is 1. The van der Waals surface area contributed by atoms with Crippen LogP contribution in [0.2, 0.25) is 0 Å². The Hall–Kier alpha value is -1.46. The summed E-state index contributed by atoms with van der Waals surface area (Å²) >= 11 is 0. The molecule has 1 aliphatic rings. The molecule has 4 nitrogen and oxygen atoms in total. The number of nitrogens with one attached hydrogen (secondary N) is 1. The molecule has 1 aromatic rings. The fourth-order valence-corrected chi connectivity index (χ4v) is 2.65. The highest BCUT2D eigenvalue weighted by atomic mass is 19.1. The first-order valence-electron chi connectivity index (χ1n) is 7.46. The van der Waals surface area contributed by atoms with E-state index in [1.807, 2.05) is 6.92 Å². The van der Waals surface area contributed by atoms with Crippen LogP contribution < -0.4 is 5.32 Å². The van der Waals surface area contributed by atoms with E-state index < -0.39 is 0 Å². The number of benzene rings is 1. The van der Waals surface area contributed by atoms with Crippen molar-refractivity contribution in [3.8, 4) is 0 Å². The van der Waals surface area contributed by atoms with Gasteiger partial charge in [0.05, 0.1) is 12.6 Å². The van der Waals surface area contributed by atoms with Gasteiger partial charge in [-0.05, 0) is 56.5 Å². The number of nitrogens with zero attached hydrogens (tertiary/aromatic N) is 1. The van der Waals surface area contributed by atoms with Crippen molar-refractivity contribution in [2.24, 2.45) is 5.92 Å². The van der Waals surface area contributed by atoms with Gasteiger partial charge >= 0.3 is 0 Å². The summed E-state index contributed by atoms with van der Waals surface area (Å²) in [7, 11) is 0. The first-order chi connectivity index (χ1) is 10.1. The number of aliphatic hydroxyl groups is 1. The van der Waals surface area contributed by atoms with Gasteiger partial charge in [0.2, 0.25) is 5.91 Å². The van der Waals surface area contributed by atoms with E-state index in [1.165, 1.54) is 12.1 Å². The standard InChI is InChI=1S/C16H23FN2O2/c1-12(14-2-4-15(17)5-3-14)18-16(21)10-19-8-6-13(11-20)7-9-19/h2-5,12-13,20H,6-11H2,1H3,(H,18,21). The lowest BCUT2D eigenvalue weighted by molar-refractivity contribution is -0.123. The maximum Gasteiger partial charge on any atom is 0.234 e. The van der Waals surface area contributed by atoms with E-state index in [4.69, 9.17) is 5.11 Å². The van der Waals surface area contributed by atoms with Gasteiger partial charge in [-0.3, -0.25) is 9.69 Å². The monoisotopic (exact) mass is 294 g/mol. The van der Waals surface area contributed by atoms with Crippen LogP contribution in [0.3, 0.4) is 0 Å². The third-order valence-corrected chi connectivity index (χ3v) is 4.08. The van der Waals surface area contributed by atoms with Gasteiger partial charge in [-0.1, -0.05) is 12.1 Å². The molecule has 0 aromatic heterocycles. The van der Waals surface area contributed by atoms with Gasteiger partial charge in [0.25, 0.3) is 0 Å². The molecule has 1 aromatic carbocycles. The molecule has 1 saturated heterocycles. The molecule has 1 amide bonds. The van der Waals surface area contributed by atoms with E-state index in [0.29, 0.717) is 12.5 Å². The third kappa shape index (κ3) is 4.79. The second-order valence-electron chi connectivity index (χ2n) is 5.74. The summed E-state index contributed by atoms with van der Waals surface area (Å²) in [5.74, 6) is 0.0840. The van der Waals surface area contributed by atoms with E-state index in [9.17, 15) is 9.18 Å². The Labute approximate surface area is 125 Å². The van der Waals surface area contributed by atoms with Crippen molar-refractivity contribution >= 4 is 5.91 Å². The Morgan fingerprint density at radius 3 is 2.57 bits per heavy atom. The number of likely N-dealkylation sites (tertiary alicyclic amines) is 1. The number of rotatable bonds is 5. The lowest BCUT2D eigenvalue weighted by Crippen LogP contribution is -2.42. The molecule has 0 bridgehead atoms. The Morgan fingerprint density at radius 1 is 1.38 bits per heavy atom. The van der Waals surface area contributed by atoms with E-state index in [-0.39, 0.29) is 24.4 Å². The van der Waals surface area contributed by atoms with Gasteiger partial charge in [0.1, 0.15) is 5.82 Å². The smallest absolute Gasteiger partial charge is 0.234 e. The van der Waals surface area contributed by atoms with Crippen molar-refractivity contribution in [3.63, 3.8) is 0 Å². The third-order valence-electron chi connectivity index (χ3n) is 4.08. The molecule has 5 heteroatoms. The maximum absolute atomic E-state index is 12.9. The zero-order chi connectivity index (χ0) is 15.2. The topological polar surface area (TPSA) is 52.6 Å². The fourth-order valence-electron chi connectivity index (χ4n) is 2.65. The largest absolute Gasteiger partial charge is 0.396 e. The summed E-state index contributed by atoms with van der Waals surface area (Å²) in [6, 6.07) is 6.04. The molecular weight excluding hydrogens is 271 g/mol. The van der Waals surface area contributed by atoms with Crippen molar-refractivity contribution < 1.29 is 14.3 Å². The van der Waals surface area contributed by atoms with Crippen molar-refractivity contribution in [1.29, 1.82) is 0 Å². The normalized spacial score (nSPS) is 18.4. The molecular formula is C16H23FN2O2. The molecule has 1 heterocycles. The van der Waals surface area contributed by atoms with Crippen LogP contribution in [-0.2, 0) is 4.79 Å². The van der Waals surface area contributed by atoms with Gasteiger partial charge in [-0.15, -0.1) is 0 Å². The van der Waals surface area contributed by atoms with Crippen molar-refractivity contribution in [1.82, 2.24) is 10.2 Å². The molecule has 0 saturated carbocycles. The first-order valence-corrected chi connectivity index (χ1v) is 7.46. The lowest BCUT2D eigenvalue weighted by atomic mass is 9.98. The number of hydrogen-bond donors (Lipinski definition) is 2. The molecule has 2 N–H and O–H groups in total. The first kappa shape index (κ1) is 15.9. The molecule has 0 radical (unpaired) electrons. The molecule has 21 heavy (non-hydrogen) atoms. The van der Waals surface area contributed by atoms with Crippen LogP contribution in [0.15, 0.2) is 24.3 Å². The Morgan fingerprint density at radius 2 is 2.00 bits per heavy atom. The molecule has 1 fully saturated rings. The van der Waals surface area contributed by atoms with Gasteiger partial charge in [-0.2, -0.15) is 0 Å². The van der Waals surface area contributed by atoms with Crippen LogP contribution in [0.5, 0.6) is 0 Å². The van der Waals surface area contributed by atoms with Crippen LogP contribution in [0.1, 0.15) is 31.4 Å². The van der Waals surface area contributed by atoms with Gasteiger partial charge in [0.15, 0.2) is 0 Å². The number of carbonyl (C=O) groups excluding carboxylic acids is 1.